The van der Waals surface area contributed by atoms with E-state index in [9.17, 15) is 13.6 Å². The van der Waals surface area contributed by atoms with E-state index >= 15 is 0 Å². The number of para-hydroxylation sites is 1. The number of carbonyl (C=O) groups is 1. The van der Waals surface area contributed by atoms with Crippen molar-refractivity contribution in [1.82, 2.24) is 15.3 Å². The monoisotopic (exact) mass is 333 g/mol. The Morgan fingerprint density at radius 2 is 1.88 bits per heavy atom. The minimum Gasteiger partial charge on any atom is -0.355 e. The van der Waals surface area contributed by atoms with Gasteiger partial charge in [0.25, 0.3) is 0 Å². The molecule has 1 aliphatic heterocycles. The van der Waals surface area contributed by atoms with Gasteiger partial charge in [-0.3, -0.25) is 4.98 Å². The zero-order chi connectivity index (χ0) is 16.9. The van der Waals surface area contributed by atoms with E-state index in [1.165, 1.54) is 6.07 Å². The van der Waals surface area contributed by atoms with E-state index in [0.717, 1.165) is 31.0 Å². The van der Waals surface area contributed by atoms with Gasteiger partial charge >= 0.3 is 6.03 Å². The second kappa shape index (κ2) is 7.20. The lowest BCUT2D eigenvalue weighted by molar-refractivity contribution is 0.245. The first-order valence-corrected chi connectivity index (χ1v) is 7.66. The molecular formula is C16H17F2N5O. The van der Waals surface area contributed by atoms with Crippen molar-refractivity contribution in [1.29, 1.82) is 0 Å². The third-order valence-corrected chi connectivity index (χ3v) is 3.91. The number of aromatic nitrogens is 2. The smallest absolute Gasteiger partial charge is 0.319 e. The molecule has 24 heavy (non-hydrogen) atoms. The van der Waals surface area contributed by atoms with Gasteiger partial charge in [0.1, 0.15) is 23.1 Å². The lowest BCUT2D eigenvalue weighted by atomic mass is 10.1. The Labute approximate surface area is 137 Å². The van der Waals surface area contributed by atoms with Crippen molar-refractivity contribution in [2.24, 2.45) is 0 Å². The molecule has 1 aromatic carbocycles. The van der Waals surface area contributed by atoms with Crippen LogP contribution in [0.25, 0.3) is 0 Å². The number of hydrogen-bond acceptors (Lipinski definition) is 4. The fourth-order valence-electron chi connectivity index (χ4n) is 2.66. The van der Waals surface area contributed by atoms with E-state index in [-0.39, 0.29) is 6.04 Å². The number of piperidine rings is 1. The summed E-state index contributed by atoms with van der Waals surface area (Å²) in [6.07, 6.45) is 6.37. The van der Waals surface area contributed by atoms with Crippen LogP contribution in [0.3, 0.4) is 0 Å². The number of benzene rings is 1. The van der Waals surface area contributed by atoms with Crippen LogP contribution in [0.4, 0.5) is 25.1 Å². The Morgan fingerprint density at radius 3 is 2.50 bits per heavy atom. The Morgan fingerprint density at radius 1 is 1.17 bits per heavy atom. The summed E-state index contributed by atoms with van der Waals surface area (Å²) in [5.41, 5.74) is -0.438. The van der Waals surface area contributed by atoms with Crippen LogP contribution in [-0.2, 0) is 0 Å². The van der Waals surface area contributed by atoms with Gasteiger partial charge in [0.2, 0.25) is 0 Å². The largest absolute Gasteiger partial charge is 0.355 e. The molecule has 0 spiro atoms. The van der Waals surface area contributed by atoms with E-state index in [4.69, 9.17) is 0 Å². The number of anilines is 2. The number of rotatable bonds is 3. The van der Waals surface area contributed by atoms with Crippen molar-refractivity contribution >= 4 is 17.5 Å². The van der Waals surface area contributed by atoms with Crippen molar-refractivity contribution in [3.05, 3.63) is 48.4 Å². The van der Waals surface area contributed by atoms with Gasteiger partial charge in [0, 0.05) is 31.5 Å². The van der Waals surface area contributed by atoms with Crippen LogP contribution in [0, 0.1) is 11.6 Å². The average molecular weight is 333 g/mol. The van der Waals surface area contributed by atoms with Crippen molar-refractivity contribution in [2.75, 3.05) is 23.3 Å². The summed E-state index contributed by atoms with van der Waals surface area (Å²) in [6.45, 7) is 1.44. The van der Waals surface area contributed by atoms with Gasteiger partial charge in [-0.05, 0) is 25.0 Å². The number of nitrogens with zero attached hydrogens (tertiary/aromatic N) is 3. The molecule has 0 saturated carbocycles. The normalized spacial score (nSPS) is 15.2. The van der Waals surface area contributed by atoms with Gasteiger partial charge in [-0.2, -0.15) is 0 Å². The highest BCUT2D eigenvalue weighted by atomic mass is 19.1. The summed E-state index contributed by atoms with van der Waals surface area (Å²) in [6, 6.07) is 2.76. The molecule has 1 aliphatic rings. The van der Waals surface area contributed by atoms with Gasteiger partial charge in [-0.1, -0.05) is 6.07 Å². The van der Waals surface area contributed by atoms with Gasteiger partial charge in [0.05, 0.1) is 6.20 Å². The SMILES string of the molecule is O=C(Nc1c(F)cccc1F)NC1CCN(c2cnccn2)CC1. The summed E-state index contributed by atoms with van der Waals surface area (Å²) in [5.74, 6) is -0.806. The molecule has 0 aliphatic carbocycles. The molecule has 0 bridgehead atoms. The van der Waals surface area contributed by atoms with Gasteiger partial charge < -0.3 is 15.5 Å². The predicted molar refractivity (Wildman–Crippen MR) is 85.8 cm³/mol. The summed E-state index contributed by atoms with van der Waals surface area (Å²) in [4.78, 5) is 22.3. The number of carbonyl (C=O) groups excluding carboxylic acids is 1. The third kappa shape index (κ3) is 3.76. The minimum atomic E-state index is -0.803. The molecule has 0 radical (unpaired) electrons. The van der Waals surface area contributed by atoms with Crippen LogP contribution < -0.4 is 15.5 Å². The van der Waals surface area contributed by atoms with Crippen molar-refractivity contribution in [3.63, 3.8) is 0 Å². The number of urea groups is 1. The van der Waals surface area contributed by atoms with Crippen LogP contribution >= 0.6 is 0 Å². The molecule has 6 nitrogen and oxygen atoms in total. The molecule has 2 heterocycles. The van der Waals surface area contributed by atoms with Gasteiger partial charge in [0.15, 0.2) is 0 Å². The summed E-state index contributed by atoms with van der Waals surface area (Å²) >= 11 is 0. The molecule has 0 unspecified atom stereocenters. The topological polar surface area (TPSA) is 70.2 Å². The van der Waals surface area contributed by atoms with Crippen molar-refractivity contribution < 1.29 is 13.6 Å². The number of amides is 2. The molecule has 2 aromatic rings. The molecule has 2 amide bonds. The van der Waals surface area contributed by atoms with E-state index in [2.05, 4.69) is 25.5 Å². The van der Waals surface area contributed by atoms with Crippen molar-refractivity contribution in [3.8, 4) is 0 Å². The molecule has 8 heteroatoms. The van der Waals surface area contributed by atoms with Crippen LogP contribution in [0.2, 0.25) is 0 Å². The summed E-state index contributed by atoms with van der Waals surface area (Å²) in [5, 5.41) is 4.98. The fraction of sp³-hybridized carbons (Fsp3) is 0.312. The maximum Gasteiger partial charge on any atom is 0.319 e. The second-order valence-corrected chi connectivity index (χ2v) is 5.52. The Bertz CT molecular complexity index is 685. The van der Waals surface area contributed by atoms with Crippen LogP contribution in [-0.4, -0.2) is 35.1 Å². The molecule has 1 fully saturated rings. The molecule has 126 valence electrons. The lowest BCUT2D eigenvalue weighted by Crippen LogP contribution is -2.46. The van der Waals surface area contributed by atoms with Gasteiger partial charge in [-0.25, -0.2) is 18.6 Å². The first-order valence-electron chi connectivity index (χ1n) is 7.66. The van der Waals surface area contributed by atoms with E-state index in [0.29, 0.717) is 12.8 Å². The van der Waals surface area contributed by atoms with Crippen LogP contribution in [0.1, 0.15) is 12.8 Å². The molecule has 2 N–H and O–H groups in total. The Kier molecular flexibility index (Phi) is 4.83. The maximum atomic E-state index is 13.5. The average Bonchev–Trinajstić information content (AvgIpc) is 2.60. The highest BCUT2D eigenvalue weighted by molar-refractivity contribution is 5.89. The molecule has 0 atom stereocenters. The number of nitrogens with one attached hydrogen (secondary N) is 2. The van der Waals surface area contributed by atoms with Gasteiger partial charge in [-0.15, -0.1) is 0 Å². The predicted octanol–water partition coefficient (Wildman–Crippen LogP) is 2.55. The number of hydrogen-bond donors (Lipinski definition) is 2. The Hall–Kier alpha value is -2.77. The quantitative estimate of drug-likeness (QED) is 0.906. The molecule has 1 aromatic heterocycles. The second-order valence-electron chi connectivity index (χ2n) is 5.52. The number of halogens is 2. The zero-order valence-corrected chi connectivity index (χ0v) is 12.9. The fourth-order valence-corrected chi connectivity index (χ4v) is 2.66. The van der Waals surface area contributed by atoms with E-state index < -0.39 is 23.4 Å². The minimum absolute atomic E-state index is 0.0623. The lowest BCUT2D eigenvalue weighted by Gasteiger charge is -2.32. The van der Waals surface area contributed by atoms with Crippen LogP contribution in [0.5, 0.6) is 0 Å². The first kappa shape index (κ1) is 16.1. The first-order chi connectivity index (χ1) is 11.6. The van der Waals surface area contributed by atoms with E-state index in [1.807, 2.05) is 0 Å². The van der Waals surface area contributed by atoms with E-state index in [1.54, 1.807) is 18.6 Å². The molecule has 3 rings (SSSR count). The van der Waals surface area contributed by atoms with Crippen molar-refractivity contribution in [2.45, 2.75) is 18.9 Å². The Balaban J connectivity index is 1.52. The summed E-state index contributed by atoms with van der Waals surface area (Å²) < 4.78 is 27.1. The molecule has 1 saturated heterocycles. The standard InChI is InChI=1S/C16H17F2N5O/c17-12-2-1-3-13(18)15(12)22-16(24)21-11-4-8-23(9-5-11)14-10-19-6-7-20-14/h1-3,6-7,10-11H,4-5,8-9H2,(H2,21,22,24). The third-order valence-electron chi connectivity index (χ3n) is 3.91. The zero-order valence-electron chi connectivity index (χ0n) is 12.9. The molecular weight excluding hydrogens is 316 g/mol. The summed E-state index contributed by atoms with van der Waals surface area (Å²) in [7, 11) is 0. The highest BCUT2D eigenvalue weighted by Gasteiger charge is 2.22. The maximum absolute atomic E-state index is 13.5. The highest BCUT2D eigenvalue weighted by Crippen LogP contribution is 2.19. The van der Waals surface area contributed by atoms with Crippen LogP contribution in [0.15, 0.2) is 36.8 Å².